The monoisotopic (exact) mass is 348 g/mol. The van der Waals surface area contributed by atoms with E-state index in [1.807, 2.05) is 36.4 Å². The van der Waals surface area contributed by atoms with Crippen LogP contribution in [0.2, 0.25) is 0 Å². The molecule has 4 rings (SSSR count). The standard InChI is InChI=1S/C22H24N2O2/c25-20(24-19-13-7-8-14-23-21(19)26)18-15-22(18,16-9-3-1-4-10-16)17-11-5-2-6-12-17/h1-6,9-12,18-19H,7-8,13-15H2,(H,23,26)(H,24,25). The van der Waals surface area contributed by atoms with E-state index >= 15 is 0 Å². The zero-order chi connectivity index (χ0) is 18.0. The molecule has 2 atom stereocenters. The van der Waals surface area contributed by atoms with Gasteiger partial charge in [0.1, 0.15) is 6.04 Å². The molecular formula is C22H24N2O2. The Morgan fingerprint density at radius 2 is 1.58 bits per heavy atom. The first-order chi connectivity index (χ1) is 12.7. The van der Waals surface area contributed by atoms with E-state index in [0.717, 1.165) is 30.4 Å². The first-order valence-corrected chi connectivity index (χ1v) is 9.41. The second-order valence-corrected chi connectivity index (χ2v) is 7.31. The molecule has 2 aromatic carbocycles. The number of nitrogens with one attached hydrogen (secondary N) is 2. The summed E-state index contributed by atoms with van der Waals surface area (Å²) in [6.45, 7) is 0.701. The molecule has 2 fully saturated rings. The Labute approximate surface area is 154 Å². The van der Waals surface area contributed by atoms with Gasteiger partial charge >= 0.3 is 0 Å². The van der Waals surface area contributed by atoms with E-state index in [2.05, 4.69) is 34.9 Å². The molecule has 1 saturated carbocycles. The van der Waals surface area contributed by atoms with E-state index in [1.165, 1.54) is 0 Å². The summed E-state index contributed by atoms with van der Waals surface area (Å²) in [4.78, 5) is 25.2. The van der Waals surface area contributed by atoms with Crippen LogP contribution in [-0.4, -0.2) is 24.4 Å². The third-order valence-electron chi connectivity index (χ3n) is 5.71. The van der Waals surface area contributed by atoms with Gasteiger partial charge in [0.05, 0.1) is 5.92 Å². The lowest BCUT2D eigenvalue weighted by Gasteiger charge is -2.20. The lowest BCUT2D eigenvalue weighted by atomic mass is 9.85. The molecule has 1 saturated heterocycles. The molecule has 1 heterocycles. The van der Waals surface area contributed by atoms with Gasteiger partial charge in [-0.3, -0.25) is 9.59 Å². The fourth-order valence-corrected chi connectivity index (χ4v) is 4.20. The van der Waals surface area contributed by atoms with E-state index in [-0.39, 0.29) is 23.1 Å². The highest BCUT2D eigenvalue weighted by Gasteiger charge is 2.60. The number of benzene rings is 2. The van der Waals surface area contributed by atoms with E-state index in [0.29, 0.717) is 13.0 Å². The summed E-state index contributed by atoms with van der Waals surface area (Å²) in [6.07, 6.45) is 3.42. The van der Waals surface area contributed by atoms with Crippen molar-refractivity contribution in [1.82, 2.24) is 10.6 Å². The number of carbonyl (C=O) groups excluding carboxylic acids is 2. The molecule has 1 aliphatic heterocycles. The first kappa shape index (κ1) is 16.8. The van der Waals surface area contributed by atoms with E-state index in [9.17, 15) is 9.59 Å². The fraction of sp³-hybridized carbons (Fsp3) is 0.364. The molecule has 4 heteroatoms. The van der Waals surface area contributed by atoms with Crippen molar-refractivity contribution in [3.8, 4) is 0 Å². The van der Waals surface area contributed by atoms with Crippen molar-refractivity contribution >= 4 is 11.8 Å². The summed E-state index contributed by atoms with van der Waals surface area (Å²) in [6, 6.07) is 20.0. The Balaban J connectivity index is 1.59. The lowest BCUT2D eigenvalue weighted by molar-refractivity contribution is -0.129. The van der Waals surface area contributed by atoms with Gasteiger partial charge in [0.25, 0.3) is 0 Å². The van der Waals surface area contributed by atoms with E-state index in [1.54, 1.807) is 0 Å². The van der Waals surface area contributed by atoms with Crippen LogP contribution < -0.4 is 10.6 Å². The summed E-state index contributed by atoms with van der Waals surface area (Å²) >= 11 is 0. The third kappa shape index (κ3) is 3.00. The maximum absolute atomic E-state index is 13.0. The summed E-state index contributed by atoms with van der Waals surface area (Å²) in [5, 5.41) is 5.90. The molecule has 0 bridgehead atoms. The van der Waals surface area contributed by atoms with Crippen LogP contribution in [-0.2, 0) is 15.0 Å². The molecule has 2 N–H and O–H groups in total. The summed E-state index contributed by atoms with van der Waals surface area (Å²) < 4.78 is 0. The van der Waals surface area contributed by atoms with Gasteiger partial charge in [-0.1, -0.05) is 60.7 Å². The minimum atomic E-state index is -0.408. The average molecular weight is 348 g/mol. The Bertz CT molecular complexity index is 749. The van der Waals surface area contributed by atoms with Crippen molar-refractivity contribution in [3.63, 3.8) is 0 Å². The molecule has 0 radical (unpaired) electrons. The van der Waals surface area contributed by atoms with Gasteiger partial charge in [0.2, 0.25) is 11.8 Å². The van der Waals surface area contributed by atoms with Crippen molar-refractivity contribution in [2.75, 3.05) is 6.54 Å². The topological polar surface area (TPSA) is 58.2 Å². The first-order valence-electron chi connectivity index (χ1n) is 9.41. The zero-order valence-electron chi connectivity index (χ0n) is 14.8. The van der Waals surface area contributed by atoms with Crippen molar-refractivity contribution in [2.45, 2.75) is 37.1 Å². The van der Waals surface area contributed by atoms with Crippen LogP contribution in [0.25, 0.3) is 0 Å². The molecule has 2 aromatic rings. The maximum Gasteiger partial charge on any atom is 0.242 e. The number of amides is 2. The highest BCUT2D eigenvalue weighted by atomic mass is 16.2. The minimum absolute atomic E-state index is 0.0141. The molecule has 2 aliphatic rings. The van der Waals surface area contributed by atoms with Crippen molar-refractivity contribution in [2.24, 2.45) is 5.92 Å². The molecule has 1 aliphatic carbocycles. The predicted octanol–water partition coefficient (Wildman–Crippen LogP) is 2.78. The normalized spacial score (nSPS) is 24.2. The van der Waals surface area contributed by atoms with Crippen molar-refractivity contribution in [3.05, 3.63) is 71.8 Å². The second kappa shape index (κ2) is 6.94. The smallest absolute Gasteiger partial charge is 0.242 e. The fourth-order valence-electron chi connectivity index (χ4n) is 4.20. The van der Waals surface area contributed by atoms with Crippen LogP contribution >= 0.6 is 0 Å². The van der Waals surface area contributed by atoms with Gasteiger partial charge in [-0.2, -0.15) is 0 Å². The van der Waals surface area contributed by atoms with E-state index < -0.39 is 6.04 Å². The van der Waals surface area contributed by atoms with Gasteiger partial charge < -0.3 is 10.6 Å². The molecule has 0 aromatic heterocycles. The van der Waals surface area contributed by atoms with Crippen LogP contribution in [0.5, 0.6) is 0 Å². The number of hydrogen-bond donors (Lipinski definition) is 2. The zero-order valence-corrected chi connectivity index (χ0v) is 14.8. The van der Waals surface area contributed by atoms with Crippen molar-refractivity contribution < 1.29 is 9.59 Å². The van der Waals surface area contributed by atoms with Crippen LogP contribution in [0.15, 0.2) is 60.7 Å². The average Bonchev–Trinajstić information content (AvgIpc) is 3.47. The highest BCUT2D eigenvalue weighted by molar-refractivity contribution is 5.91. The molecule has 2 amide bonds. The molecule has 4 nitrogen and oxygen atoms in total. The van der Waals surface area contributed by atoms with Gasteiger partial charge in [-0.05, 0) is 36.8 Å². The van der Waals surface area contributed by atoms with Crippen LogP contribution in [0.3, 0.4) is 0 Å². The maximum atomic E-state index is 13.0. The molecule has 2 unspecified atom stereocenters. The third-order valence-corrected chi connectivity index (χ3v) is 5.71. The van der Waals surface area contributed by atoms with Gasteiger partial charge in [0, 0.05) is 12.0 Å². The number of carbonyl (C=O) groups is 2. The Kier molecular flexibility index (Phi) is 4.49. The van der Waals surface area contributed by atoms with Gasteiger partial charge in [-0.15, -0.1) is 0 Å². The molecule has 134 valence electrons. The van der Waals surface area contributed by atoms with Crippen molar-refractivity contribution in [1.29, 1.82) is 0 Å². The summed E-state index contributed by atoms with van der Waals surface area (Å²) in [7, 11) is 0. The van der Waals surface area contributed by atoms with E-state index in [4.69, 9.17) is 0 Å². The lowest BCUT2D eigenvalue weighted by Crippen LogP contribution is -2.46. The van der Waals surface area contributed by atoms with Gasteiger partial charge in [-0.25, -0.2) is 0 Å². The number of rotatable bonds is 4. The quantitative estimate of drug-likeness (QED) is 0.893. The molecule has 26 heavy (non-hydrogen) atoms. The molecular weight excluding hydrogens is 324 g/mol. The van der Waals surface area contributed by atoms with Crippen LogP contribution in [0.1, 0.15) is 36.8 Å². The SMILES string of the molecule is O=C1NCCCCC1NC(=O)C1CC1(c1ccccc1)c1ccccc1. The summed E-state index contributed by atoms with van der Waals surface area (Å²) in [5.74, 6) is -0.204. The second-order valence-electron chi connectivity index (χ2n) is 7.31. The predicted molar refractivity (Wildman–Crippen MR) is 101 cm³/mol. The highest BCUT2D eigenvalue weighted by Crippen LogP contribution is 2.58. The minimum Gasteiger partial charge on any atom is -0.354 e. The van der Waals surface area contributed by atoms with Crippen LogP contribution in [0, 0.1) is 5.92 Å². The Hall–Kier alpha value is -2.62. The van der Waals surface area contributed by atoms with Gasteiger partial charge in [0.15, 0.2) is 0 Å². The largest absolute Gasteiger partial charge is 0.354 e. The molecule has 0 spiro atoms. The van der Waals surface area contributed by atoms with Crippen LogP contribution in [0.4, 0.5) is 0 Å². The number of hydrogen-bond acceptors (Lipinski definition) is 2. The Morgan fingerprint density at radius 1 is 0.962 bits per heavy atom. The summed E-state index contributed by atoms with van der Waals surface area (Å²) in [5.41, 5.74) is 2.04. The Morgan fingerprint density at radius 3 is 2.19 bits per heavy atom.